The van der Waals surface area contributed by atoms with Gasteiger partial charge in [0.25, 0.3) is 11.1 Å². The van der Waals surface area contributed by atoms with Gasteiger partial charge in [0, 0.05) is 10.0 Å². The number of imide groups is 1. The van der Waals surface area contributed by atoms with Crippen LogP contribution in [0.3, 0.4) is 0 Å². The van der Waals surface area contributed by atoms with Gasteiger partial charge in [0.2, 0.25) is 0 Å². The normalized spacial score (nSPS) is 14.7. The number of amides is 2. The number of thioether (sulfide) groups is 1. The van der Waals surface area contributed by atoms with Crippen LogP contribution in [0.25, 0.3) is 6.08 Å². The fraction of sp³-hybridized carbons (Fsp3) is 0.120. The van der Waals surface area contributed by atoms with E-state index in [0.29, 0.717) is 34.3 Å². The van der Waals surface area contributed by atoms with Crippen molar-refractivity contribution in [2.75, 3.05) is 7.11 Å². The topological polar surface area (TPSA) is 55.8 Å². The van der Waals surface area contributed by atoms with Crippen LogP contribution in [-0.4, -0.2) is 23.2 Å². The minimum atomic E-state index is -0.489. The molecule has 0 N–H and O–H groups in total. The maximum atomic E-state index is 13.3. The van der Waals surface area contributed by atoms with E-state index in [9.17, 15) is 14.0 Å². The molecule has 34 heavy (non-hydrogen) atoms. The lowest BCUT2D eigenvalue weighted by atomic mass is 10.1. The van der Waals surface area contributed by atoms with E-state index in [2.05, 4.69) is 0 Å². The van der Waals surface area contributed by atoms with Gasteiger partial charge in [-0.3, -0.25) is 14.5 Å². The van der Waals surface area contributed by atoms with E-state index < -0.39 is 17.0 Å². The third kappa shape index (κ3) is 5.55. The Kier molecular flexibility index (Phi) is 7.46. The van der Waals surface area contributed by atoms with Gasteiger partial charge in [0.1, 0.15) is 12.4 Å². The summed E-state index contributed by atoms with van der Waals surface area (Å²) in [6.45, 7) is 0.291. The molecule has 9 heteroatoms. The highest BCUT2D eigenvalue weighted by atomic mass is 35.5. The molecule has 1 aliphatic heterocycles. The van der Waals surface area contributed by atoms with Crippen LogP contribution in [0.5, 0.6) is 11.5 Å². The van der Waals surface area contributed by atoms with E-state index in [1.165, 1.54) is 19.2 Å². The van der Waals surface area contributed by atoms with Crippen molar-refractivity contribution in [3.63, 3.8) is 0 Å². The molecular formula is C25H18Cl2FNO4S. The Morgan fingerprint density at radius 3 is 2.47 bits per heavy atom. The molecule has 4 rings (SSSR count). The van der Waals surface area contributed by atoms with Crippen LogP contribution in [0.15, 0.2) is 65.6 Å². The summed E-state index contributed by atoms with van der Waals surface area (Å²) in [5, 5.41) is 0.379. The van der Waals surface area contributed by atoms with E-state index in [0.717, 1.165) is 28.3 Å². The second-order valence-electron chi connectivity index (χ2n) is 7.33. The van der Waals surface area contributed by atoms with Gasteiger partial charge in [0.05, 0.1) is 18.6 Å². The molecule has 0 saturated carbocycles. The van der Waals surface area contributed by atoms with Crippen molar-refractivity contribution in [1.82, 2.24) is 4.90 Å². The lowest BCUT2D eigenvalue weighted by Crippen LogP contribution is -2.27. The number of ether oxygens (including phenoxy) is 2. The molecule has 0 bridgehead atoms. The summed E-state index contributed by atoms with van der Waals surface area (Å²) in [6, 6.07) is 16.4. The Balaban J connectivity index is 1.48. The number of methoxy groups -OCH3 is 1. The number of hydrogen-bond donors (Lipinski definition) is 0. The van der Waals surface area contributed by atoms with Crippen molar-refractivity contribution in [3.8, 4) is 11.5 Å². The molecule has 174 valence electrons. The van der Waals surface area contributed by atoms with Crippen LogP contribution < -0.4 is 9.47 Å². The first-order valence-electron chi connectivity index (χ1n) is 10.1. The molecule has 1 fully saturated rings. The summed E-state index contributed by atoms with van der Waals surface area (Å²) < 4.78 is 24.6. The first kappa shape index (κ1) is 24.1. The molecule has 0 aliphatic carbocycles. The Morgan fingerprint density at radius 1 is 1.00 bits per heavy atom. The number of rotatable bonds is 7. The molecule has 0 radical (unpaired) electrons. The highest BCUT2D eigenvalue weighted by Crippen LogP contribution is 2.36. The lowest BCUT2D eigenvalue weighted by molar-refractivity contribution is -0.123. The van der Waals surface area contributed by atoms with Crippen molar-refractivity contribution >= 4 is 52.2 Å². The van der Waals surface area contributed by atoms with Gasteiger partial charge >= 0.3 is 0 Å². The van der Waals surface area contributed by atoms with Gasteiger partial charge in [-0.05, 0) is 70.9 Å². The fourth-order valence-electron chi connectivity index (χ4n) is 3.24. The summed E-state index contributed by atoms with van der Waals surface area (Å²) >= 11 is 12.8. The van der Waals surface area contributed by atoms with Crippen LogP contribution in [0.1, 0.15) is 16.7 Å². The number of benzene rings is 3. The van der Waals surface area contributed by atoms with Gasteiger partial charge in [-0.1, -0.05) is 47.5 Å². The van der Waals surface area contributed by atoms with Crippen molar-refractivity contribution in [2.24, 2.45) is 0 Å². The summed E-state index contributed by atoms with van der Waals surface area (Å²) in [5.41, 5.74) is 2.10. The molecule has 1 aliphatic rings. The van der Waals surface area contributed by atoms with Gasteiger partial charge in [-0.2, -0.15) is 0 Å². The molecule has 0 unspecified atom stereocenters. The number of carbonyl (C=O) groups excluding carboxylic acids is 2. The van der Waals surface area contributed by atoms with Crippen LogP contribution >= 0.6 is 35.0 Å². The van der Waals surface area contributed by atoms with Crippen LogP contribution in [0.2, 0.25) is 10.0 Å². The summed E-state index contributed by atoms with van der Waals surface area (Å²) in [6.07, 6.45) is 1.61. The second-order valence-corrected chi connectivity index (χ2v) is 9.17. The predicted octanol–water partition coefficient (Wildman–Crippen LogP) is 6.96. The molecule has 2 amide bonds. The zero-order valence-electron chi connectivity index (χ0n) is 17.9. The largest absolute Gasteiger partial charge is 0.493 e. The molecule has 0 aromatic heterocycles. The average Bonchev–Trinajstić information content (AvgIpc) is 3.08. The van der Waals surface area contributed by atoms with Crippen LogP contribution in [-0.2, 0) is 17.9 Å². The summed E-state index contributed by atoms with van der Waals surface area (Å²) in [4.78, 5) is 26.6. The molecule has 3 aromatic carbocycles. The van der Waals surface area contributed by atoms with Crippen LogP contribution in [0.4, 0.5) is 9.18 Å². The van der Waals surface area contributed by atoms with E-state index in [-0.39, 0.29) is 16.5 Å². The van der Waals surface area contributed by atoms with Crippen molar-refractivity contribution in [3.05, 3.63) is 98.1 Å². The maximum Gasteiger partial charge on any atom is 0.293 e. The average molecular weight is 518 g/mol. The Bertz CT molecular complexity index is 1280. The predicted molar refractivity (Wildman–Crippen MR) is 132 cm³/mol. The summed E-state index contributed by atoms with van der Waals surface area (Å²) in [7, 11) is 1.52. The molecule has 5 nitrogen and oxygen atoms in total. The smallest absolute Gasteiger partial charge is 0.293 e. The van der Waals surface area contributed by atoms with E-state index in [4.69, 9.17) is 32.7 Å². The molecule has 0 atom stereocenters. The SMILES string of the molecule is COc1cc(/C=C2/SC(=O)N(Cc3ccc(F)cc3Cl)C2=O)ccc1OCc1ccc(Cl)cc1. The van der Waals surface area contributed by atoms with Gasteiger partial charge in [-0.15, -0.1) is 0 Å². The number of carbonyl (C=O) groups is 2. The molecule has 1 saturated heterocycles. The molecule has 3 aromatic rings. The van der Waals surface area contributed by atoms with Crippen molar-refractivity contribution < 1.29 is 23.5 Å². The van der Waals surface area contributed by atoms with Crippen molar-refractivity contribution in [2.45, 2.75) is 13.2 Å². The third-order valence-corrected chi connectivity index (χ3v) is 6.52. The second kappa shape index (κ2) is 10.5. The minimum absolute atomic E-state index is 0.0398. The molecule has 1 heterocycles. The zero-order valence-corrected chi connectivity index (χ0v) is 20.2. The number of hydrogen-bond acceptors (Lipinski definition) is 5. The van der Waals surface area contributed by atoms with Gasteiger partial charge in [0.15, 0.2) is 11.5 Å². The zero-order chi connectivity index (χ0) is 24.2. The quantitative estimate of drug-likeness (QED) is 0.317. The minimum Gasteiger partial charge on any atom is -0.493 e. The standard InChI is InChI=1S/C25H18Cl2FNO4S/c1-32-22-10-16(4-9-21(22)33-14-15-2-6-18(26)7-3-15)11-23-24(30)29(25(31)34-23)13-17-5-8-19(28)12-20(17)27/h2-12H,13-14H2,1H3/b23-11+. The Labute approximate surface area is 210 Å². The number of nitrogens with zero attached hydrogens (tertiary/aromatic N) is 1. The first-order valence-corrected chi connectivity index (χ1v) is 11.7. The maximum absolute atomic E-state index is 13.3. The van der Waals surface area contributed by atoms with E-state index in [1.807, 2.05) is 12.1 Å². The van der Waals surface area contributed by atoms with E-state index in [1.54, 1.807) is 36.4 Å². The third-order valence-electron chi connectivity index (χ3n) is 5.01. The van der Waals surface area contributed by atoms with Crippen LogP contribution in [0, 0.1) is 5.82 Å². The van der Waals surface area contributed by atoms with Gasteiger partial charge < -0.3 is 9.47 Å². The molecular weight excluding hydrogens is 500 g/mol. The Hall–Kier alpha value is -3.00. The Morgan fingerprint density at radius 2 is 1.76 bits per heavy atom. The molecule has 0 spiro atoms. The number of halogens is 3. The summed E-state index contributed by atoms with van der Waals surface area (Å²) in [5.74, 6) is 0.0865. The van der Waals surface area contributed by atoms with Crippen molar-refractivity contribution in [1.29, 1.82) is 0 Å². The lowest BCUT2D eigenvalue weighted by Gasteiger charge is -2.13. The highest BCUT2D eigenvalue weighted by Gasteiger charge is 2.35. The monoisotopic (exact) mass is 517 g/mol. The van der Waals surface area contributed by atoms with E-state index >= 15 is 0 Å². The fourth-order valence-corrected chi connectivity index (χ4v) is 4.43. The first-order chi connectivity index (χ1) is 16.3. The highest BCUT2D eigenvalue weighted by molar-refractivity contribution is 8.18. The van der Waals surface area contributed by atoms with Gasteiger partial charge in [-0.25, -0.2) is 4.39 Å².